The van der Waals surface area contributed by atoms with Gasteiger partial charge in [0.1, 0.15) is 11.5 Å². The van der Waals surface area contributed by atoms with E-state index in [0.29, 0.717) is 11.5 Å². The maximum atomic E-state index is 12.2. The Morgan fingerprint density at radius 1 is 1.30 bits per heavy atom. The van der Waals surface area contributed by atoms with Crippen molar-refractivity contribution in [1.29, 1.82) is 0 Å². The molecule has 0 fully saturated rings. The molecule has 3 rings (SSSR count). The van der Waals surface area contributed by atoms with Crippen LogP contribution in [0, 0.1) is 6.92 Å². The highest BCUT2D eigenvalue weighted by molar-refractivity contribution is 5.96. The second-order valence-electron chi connectivity index (χ2n) is 5.79. The number of hydrogen-bond donors (Lipinski definition) is 1. The lowest BCUT2D eigenvalue weighted by Gasteiger charge is -2.11. The standard InChI is InChI=1S/C18H17N3O6/c1-11-9-15(20-27-11)19-17(23)12(2)25-18(24)14-7-6-13(26-14)10-21-8-4-3-5-16(21)22/h3-9,12H,10H2,1-2H3,(H,19,20,23). The van der Waals surface area contributed by atoms with Gasteiger partial charge in [0.15, 0.2) is 11.9 Å². The lowest BCUT2D eigenvalue weighted by molar-refractivity contribution is -0.123. The van der Waals surface area contributed by atoms with Crippen LogP contribution in [0.5, 0.6) is 0 Å². The molecule has 1 N–H and O–H groups in total. The number of hydrogen-bond acceptors (Lipinski definition) is 7. The highest BCUT2D eigenvalue weighted by Gasteiger charge is 2.22. The second-order valence-corrected chi connectivity index (χ2v) is 5.79. The topological polar surface area (TPSA) is 117 Å². The highest BCUT2D eigenvalue weighted by atomic mass is 16.6. The van der Waals surface area contributed by atoms with E-state index in [1.807, 2.05) is 0 Å². The van der Waals surface area contributed by atoms with Gasteiger partial charge in [0.2, 0.25) is 5.76 Å². The Kier molecular flexibility index (Phi) is 5.20. The summed E-state index contributed by atoms with van der Waals surface area (Å²) in [5.74, 6) is -0.235. The summed E-state index contributed by atoms with van der Waals surface area (Å²) in [4.78, 5) is 35.9. The van der Waals surface area contributed by atoms with Crippen LogP contribution in [0.4, 0.5) is 5.82 Å². The normalized spacial score (nSPS) is 11.8. The van der Waals surface area contributed by atoms with Crippen molar-refractivity contribution in [2.75, 3.05) is 5.32 Å². The van der Waals surface area contributed by atoms with Crippen molar-refractivity contribution < 1.29 is 23.3 Å². The van der Waals surface area contributed by atoms with Crippen LogP contribution in [-0.2, 0) is 16.1 Å². The van der Waals surface area contributed by atoms with E-state index in [2.05, 4.69) is 10.5 Å². The van der Waals surface area contributed by atoms with E-state index in [-0.39, 0.29) is 23.7 Å². The zero-order chi connectivity index (χ0) is 19.4. The number of anilines is 1. The molecule has 3 aromatic heterocycles. The first-order valence-electron chi connectivity index (χ1n) is 8.12. The van der Waals surface area contributed by atoms with Gasteiger partial charge >= 0.3 is 5.97 Å². The van der Waals surface area contributed by atoms with Gasteiger partial charge < -0.3 is 23.6 Å². The Hall–Kier alpha value is -3.62. The Morgan fingerprint density at radius 3 is 2.81 bits per heavy atom. The van der Waals surface area contributed by atoms with Gasteiger partial charge in [0, 0.05) is 18.3 Å². The molecule has 27 heavy (non-hydrogen) atoms. The fraction of sp³-hybridized carbons (Fsp3) is 0.222. The third-order valence-electron chi connectivity index (χ3n) is 3.62. The molecular weight excluding hydrogens is 354 g/mol. The molecule has 3 heterocycles. The van der Waals surface area contributed by atoms with Crippen molar-refractivity contribution in [3.63, 3.8) is 0 Å². The van der Waals surface area contributed by atoms with Gasteiger partial charge in [-0.3, -0.25) is 9.59 Å². The van der Waals surface area contributed by atoms with Crippen molar-refractivity contribution in [1.82, 2.24) is 9.72 Å². The van der Waals surface area contributed by atoms with Gasteiger partial charge in [-0.2, -0.15) is 0 Å². The minimum Gasteiger partial charge on any atom is -0.452 e. The number of nitrogens with zero attached hydrogens (tertiary/aromatic N) is 2. The van der Waals surface area contributed by atoms with Gasteiger partial charge in [-0.15, -0.1) is 0 Å². The minimum atomic E-state index is -1.07. The lowest BCUT2D eigenvalue weighted by Crippen LogP contribution is -2.30. The minimum absolute atomic E-state index is 0.0640. The van der Waals surface area contributed by atoms with Crippen LogP contribution in [0.25, 0.3) is 0 Å². The highest BCUT2D eigenvalue weighted by Crippen LogP contribution is 2.13. The third-order valence-corrected chi connectivity index (χ3v) is 3.62. The van der Waals surface area contributed by atoms with E-state index in [1.165, 1.54) is 29.7 Å². The quantitative estimate of drug-likeness (QED) is 0.658. The number of nitrogens with one attached hydrogen (secondary N) is 1. The molecule has 0 radical (unpaired) electrons. The van der Waals surface area contributed by atoms with Gasteiger partial charge in [0.05, 0.1) is 6.54 Å². The Labute approximate surface area is 153 Å². The second kappa shape index (κ2) is 7.73. The molecule has 0 saturated carbocycles. The zero-order valence-electron chi connectivity index (χ0n) is 14.7. The first kappa shape index (κ1) is 18.2. The van der Waals surface area contributed by atoms with Crippen LogP contribution in [-0.4, -0.2) is 27.7 Å². The number of ether oxygens (including phenoxy) is 1. The number of pyridine rings is 1. The van der Waals surface area contributed by atoms with E-state index in [1.54, 1.807) is 31.3 Å². The SMILES string of the molecule is Cc1cc(NC(=O)C(C)OC(=O)c2ccc(Cn3ccccc3=O)o2)no1. The molecule has 0 aliphatic rings. The average molecular weight is 371 g/mol. The Balaban J connectivity index is 1.59. The van der Waals surface area contributed by atoms with Crippen molar-refractivity contribution in [2.45, 2.75) is 26.5 Å². The van der Waals surface area contributed by atoms with Crippen molar-refractivity contribution in [3.8, 4) is 0 Å². The molecule has 0 bridgehead atoms. The fourth-order valence-electron chi connectivity index (χ4n) is 2.26. The van der Waals surface area contributed by atoms with E-state index >= 15 is 0 Å². The molecule has 1 amide bonds. The summed E-state index contributed by atoms with van der Waals surface area (Å²) in [6, 6.07) is 9.31. The monoisotopic (exact) mass is 371 g/mol. The number of carbonyl (C=O) groups excluding carboxylic acids is 2. The molecule has 1 atom stereocenters. The molecular formula is C18H17N3O6. The predicted octanol–water partition coefficient (Wildman–Crippen LogP) is 1.97. The number of aromatic nitrogens is 2. The van der Waals surface area contributed by atoms with Crippen LogP contribution in [0.2, 0.25) is 0 Å². The van der Waals surface area contributed by atoms with E-state index in [0.717, 1.165) is 0 Å². The summed E-state index contributed by atoms with van der Waals surface area (Å²) in [5, 5.41) is 6.11. The summed E-state index contributed by atoms with van der Waals surface area (Å²) < 4.78 is 16.8. The van der Waals surface area contributed by atoms with Crippen LogP contribution in [0.3, 0.4) is 0 Å². The first-order valence-corrected chi connectivity index (χ1v) is 8.12. The summed E-state index contributed by atoms with van der Waals surface area (Å²) >= 11 is 0. The molecule has 0 aliphatic heterocycles. The molecule has 9 heteroatoms. The summed E-state index contributed by atoms with van der Waals surface area (Å²) in [6.07, 6.45) is 0.542. The van der Waals surface area contributed by atoms with Gasteiger partial charge in [-0.25, -0.2) is 4.79 Å². The molecule has 0 saturated heterocycles. The van der Waals surface area contributed by atoms with Crippen molar-refractivity contribution in [3.05, 3.63) is 70.2 Å². The fourth-order valence-corrected chi connectivity index (χ4v) is 2.26. The molecule has 0 aromatic carbocycles. The van der Waals surface area contributed by atoms with E-state index < -0.39 is 18.0 Å². The lowest BCUT2D eigenvalue weighted by atomic mass is 10.3. The van der Waals surface area contributed by atoms with Crippen LogP contribution >= 0.6 is 0 Å². The number of furan rings is 1. The zero-order valence-corrected chi connectivity index (χ0v) is 14.7. The van der Waals surface area contributed by atoms with E-state index in [4.69, 9.17) is 13.7 Å². The van der Waals surface area contributed by atoms with Gasteiger partial charge in [0.25, 0.3) is 11.5 Å². The van der Waals surface area contributed by atoms with Crippen molar-refractivity contribution >= 4 is 17.7 Å². The molecule has 9 nitrogen and oxygen atoms in total. The summed E-state index contributed by atoms with van der Waals surface area (Å²) in [6.45, 7) is 3.28. The summed E-state index contributed by atoms with van der Waals surface area (Å²) in [5.41, 5.74) is -0.189. The van der Waals surface area contributed by atoms with Crippen LogP contribution in [0.1, 0.15) is 29.0 Å². The predicted molar refractivity (Wildman–Crippen MR) is 93.3 cm³/mol. The number of rotatable bonds is 6. The van der Waals surface area contributed by atoms with Crippen molar-refractivity contribution in [2.24, 2.45) is 0 Å². The average Bonchev–Trinajstić information content (AvgIpc) is 3.26. The summed E-state index contributed by atoms with van der Waals surface area (Å²) in [7, 11) is 0. The van der Waals surface area contributed by atoms with Crippen LogP contribution < -0.4 is 10.9 Å². The molecule has 1 unspecified atom stereocenters. The number of amides is 1. The Morgan fingerprint density at radius 2 is 2.11 bits per heavy atom. The van der Waals surface area contributed by atoms with Crippen LogP contribution in [0.15, 0.2) is 56.3 Å². The molecule has 3 aromatic rings. The third kappa shape index (κ3) is 4.51. The largest absolute Gasteiger partial charge is 0.452 e. The van der Waals surface area contributed by atoms with Gasteiger partial charge in [-0.1, -0.05) is 11.2 Å². The number of carbonyl (C=O) groups is 2. The van der Waals surface area contributed by atoms with Gasteiger partial charge in [-0.05, 0) is 32.0 Å². The molecule has 0 aliphatic carbocycles. The first-order chi connectivity index (χ1) is 12.9. The molecule has 0 spiro atoms. The van der Waals surface area contributed by atoms with E-state index in [9.17, 15) is 14.4 Å². The number of esters is 1. The Bertz CT molecular complexity index is 1020. The maximum Gasteiger partial charge on any atom is 0.375 e. The maximum absolute atomic E-state index is 12.2. The smallest absolute Gasteiger partial charge is 0.375 e. The number of aryl methyl sites for hydroxylation is 1. The molecule has 140 valence electrons.